The van der Waals surface area contributed by atoms with Gasteiger partial charge in [0.25, 0.3) is 0 Å². The van der Waals surface area contributed by atoms with Crippen LogP contribution in [0.15, 0.2) is 11.6 Å². The number of hydrogen-bond donors (Lipinski definition) is 4. The molecule has 0 heterocycles. The third-order valence-electron chi connectivity index (χ3n) is 7.90. The Morgan fingerprint density at radius 2 is 1.74 bits per heavy atom. The molecule has 3 saturated carbocycles. The number of fused-ring (bicyclic) bond motifs is 5. The molecule has 4 aliphatic carbocycles. The standard InChI is InChI=1S/C19H30O4/c1-17-5-4-14-16(15(17)8-13(21)10-17)19(22,23)9-11-7-12(20)3-6-18(11,14)2/h9,12-16,20-23H,3-8,10H2,1-2H3/t12-,13-,14+,15+,16-,17-,18+/m1/s1. The van der Waals surface area contributed by atoms with Gasteiger partial charge in [0.15, 0.2) is 5.79 Å². The van der Waals surface area contributed by atoms with Gasteiger partial charge in [0, 0.05) is 5.92 Å². The minimum atomic E-state index is -1.81. The quantitative estimate of drug-likeness (QED) is 0.406. The molecule has 0 aromatic heterocycles. The Morgan fingerprint density at radius 1 is 1.00 bits per heavy atom. The predicted molar refractivity (Wildman–Crippen MR) is 86.3 cm³/mol. The molecule has 0 aliphatic heterocycles. The third kappa shape index (κ3) is 2.18. The van der Waals surface area contributed by atoms with Crippen molar-refractivity contribution in [3.63, 3.8) is 0 Å². The fourth-order valence-electron chi connectivity index (χ4n) is 6.69. The lowest BCUT2D eigenvalue weighted by Gasteiger charge is -2.60. The van der Waals surface area contributed by atoms with Crippen molar-refractivity contribution in [2.45, 2.75) is 76.8 Å². The maximum absolute atomic E-state index is 10.9. The minimum absolute atomic E-state index is 0.0210. The Balaban J connectivity index is 1.78. The second kappa shape index (κ2) is 4.81. The van der Waals surface area contributed by atoms with Gasteiger partial charge in [-0.05, 0) is 73.7 Å². The maximum atomic E-state index is 10.9. The molecule has 4 nitrogen and oxygen atoms in total. The molecule has 0 bridgehead atoms. The van der Waals surface area contributed by atoms with E-state index in [9.17, 15) is 20.4 Å². The lowest BCUT2D eigenvalue weighted by molar-refractivity contribution is -0.233. The zero-order chi connectivity index (χ0) is 16.6. The van der Waals surface area contributed by atoms with Gasteiger partial charge in [-0.15, -0.1) is 0 Å². The topological polar surface area (TPSA) is 80.9 Å². The van der Waals surface area contributed by atoms with Crippen molar-refractivity contribution in [3.8, 4) is 0 Å². The van der Waals surface area contributed by atoms with Crippen LogP contribution >= 0.6 is 0 Å². The second-order valence-corrected chi connectivity index (χ2v) is 9.29. The molecule has 4 N–H and O–H groups in total. The number of aliphatic hydroxyl groups is 4. The number of rotatable bonds is 0. The number of hydrogen-bond acceptors (Lipinski definition) is 4. The summed E-state index contributed by atoms with van der Waals surface area (Å²) >= 11 is 0. The van der Waals surface area contributed by atoms with Gasteiger partial charge in [0.05, 0.1) is 12.2 Å². The average Bonchev–Trinajstić information content (AvgIpc) is 2.74. The van der Waals surface area contributed by atoms with Crippen LogP contribution in [-0.4, -0.2) is 38.4 Å². The minimum Gasteiger partial charge on any atom is -0.393 e. The highest BCUT2D eigenvalue weighted by Gasteiger charge is 2.63. The molecule has 23 heavy (non-hydrogen) atoms. The molecule has 0 unspecified atom stereocenters. The van der Waals surface area contributed by atoms with Crippen molar-refractivity contribution < 1.29 is 20.4 Å². The van der Waals surface area contributed by atoms with E-state index in [1.165, 1.54) is 0 Å². The van der Waals surface area contributed by atoms with E-state index in [0.29, 0.717) is 12.8 Å². The molecule has 0 spiro atoms. The number of aliphatic hydroxyl groups excluding tert-OH is 2. The summed E-state index contributed by atoms with van der Waals surface area (Å²) in [6.07, 6.45) is 6.75. The average molecular weight is 322 g/mol. The van der Waals surface area contributed by atoms with E-state index >= 15 is 0 Å². The summed E-state index contributed by atoms with van der Waals surface area (Å²) < 4.78 is 0. The van der Waals surface area contributed by atoms with Gasteiger partial charge in [-0.2, -0.15) is 0 Å². The lowest BCUT2D eigenvalue weighted by Crippen LogP contribution is -2.59. The van der Waals surface area contributed by atoms with E-state index in [2.05, 4.69) is 13.8 Å². The van der Waals surface area contributed by atoms with Crippen molar-refractivity contribution in [1.29, 1.82) is 0 Å². The van der Waals surface area contributed by atoms with Crippen molar-refractivity contribution >= 4 is 0 Å². The van der Waals surface area contributed by atoms with Gasteiger partial charge in [0.2, 0.25) is 0 Å². The fourth-order valence-corrected chi connectivity index (χ4v) is 6.69. The van der Waals surface area contributed by atoms with Gasteiger partial charge in [-0.1, -0.05) is 19.4 Å². The maximum Gasteiger partial charge on any atom is 0.186 e. The largest absolute Gasteiger partial charge is 0.393 e. The Bertz CT molecular complexity index is 541. The highest BCUT2D eigenvalue weighted by Crippen LogP contribution is 2.66. The molecule has 4 heteroatoms. The fraction of sp³-hybridized carbons (Fsp3) is 0.895. The molecule has 130 valence electrons. The highest BCUT2D eigenvalue weighted by atomic mass is 16.5. The lowest BCUT2D eigenvalue weighted by atomic mass is 9.47. The molecule has 7 atom stereocenters. The van der Waals surface area contributed by atoms with Gasteiger partial charge in [-0.25, -0.2) is 0 Å². The molecule has 0 amide bonds. The first-order valence-corrected chi connectivity index (χ1v) is 9.19. The molecule has 0 aromatic carbocycles. The van der Waals surface area contributed by atoms with Gasteiger partial charge in [0.1, 0.15) is 0 Å². The summed E-state index contributed by atoms with van der Waals surface area (Å²) in [5.41, 5.74) is 1.02. The summed E-state index contributed by atoms with van der Waals surface area (Å²) in [5, 5.41) is 42.0. The summed E-state index contributed by atoms with van der Waals surface area (Å²) in [7, 11) is 0. The van der Waals surface area contributed by atoms with Gasteiger partial charge in [-0.3, -0.25) is 0 Å². The Morgan fingerprint density at radius 3 is 2.48 bits per heavy atom. The van der Waals surface area contributed by atoms with Crippen molar-refractivity contribution in [2.24, 2.45) is 28.6 Å². The SMILES string of the molecule is C[C@]12CC[C@H]3[C@H]([C@@H]1C[C@@H](O)C2)C(O)(O)C=C1C[C@H](O)CC[C@@]13C. The molecule has 4 aliphatic rings. The van der Waals surface area contributed by atoms with Gasteiger partial charge < -0.3 is 20.4 Å². The summed E-state index contributed by atoms with van der Waals surface area (Å²) in [4.78, 5) is 0. The van der Waals surface area contributed by atoms with E-state index in [1.54, 1.807) is 6.08 Å². The molecule has 0 radical (unpaired) electrons. The first-order valence-electron chi connectivity index (χ1n) is 9.19. The van der Waals surface area contributed by atoms with Crippen LogP contribution in [0.2, 0.25) is 0 Å². The second-order valence-electron chi connectivity index (χ2n) is 9.29. The van der Waals surface area contributed by atoms with Crippen LogP contribution in [0.4, 0.5) is 0 Å². The van der Waals surface area contributed by atoms with E-state index < -0.39 is 5.79 Å². The van der Waals surface area contributed by atoms with Crippen molar-refractivity contribution in [3.05, 3.63) is 11.6 Å². The first-order chi connectivity index (χ1) is 10.7. The summed E-state index contributed by atoms with van der Waals surface area (Å²) in [6, 6.07) is 0. The van der Waals surface area contributed by atoms with E-state index in [-0.39, 0.29) is 40.8 Å². The van der Waals surface area contributed by atoms with Crippen LogP contribution in [0.1, 0.15) is 58.8 Å². The molecule has 4 rings (SSSR count). The van der Waals surface area contributed by atoms with E-state index in [1.807, 2.05) is 0 Å². The third-order valence-corrected chi connectivity index (χ3v) is 7.90. The molecule has 3 fully saturated rings. The Kier molecular flexibility index (Phi) is 3.36. The van der Waals surface area contributed by atoms with Crippen LogP contribution in [-0.2, 0) is 0 Å². The normalized spacial score (nSPS) is 54.7. The molecular weight excluding hydrogens is 292 g/mol. The van der Waals surface area contributed by atoms with Gasteiger partial charge >= 0.3 is 0 Å². The van der Waals surface area contributed by atoms with Crippen LogP contribution in [0.5, 0.6) is 0 Å². The zero-order valence-electron chi connectivity index (χ0n) is 14.2. The summed E-state index contributed by atoms with van der Waals surface area (Å²) in [5.74, 6) is -1.63. The molecular formula is C19H30O4. The van der Waals surface area contributed by atoms with E-state index in [0.717, 1.165) is 37.7 Å². The van der Waals surface area contributed by atoms with Crippen LogP contribution < -0.4 is 0 Å². The van der Waals surface area contributed by atoms with Crippen LogP contribution in [0.3, 0.4) is 0 Å². The highest BCUT2D eigenvalue weighted by molar-refractivity contribution is 5.29. The molecule has 0 aromatic rings. The van der Waals surface area contributed by atoms with Crippen molar-refractivity contribution in [1.82, 2.24) is 0 Å². The Labute approximate surface area is 138 Å². The van der Waals surface area contributed by atoms with Crippen LogP contribution in [0.25, 0.3) is 0 Å². The predicted octanol–water partition coefficient (Wildman–Crippen LogP) is 1.96. The summed E-state index contributed by atoms with van der Waals surface area (Å²) in [6.45, 7) is 4.47. The van der Waals surface area contributed by atoms with Crippen molar-refractivity contribution in [2.75, 3.05) is 0 Å². The zero-order valence-corrected chi connectivity index (χ0v) is 14.2. The van der Waals surface area contributed by atoms with E-state index in [4.69, 9.17) is 0 Å². The van der Waals surface area contributed by atoms with Crippen LogP contribution in [0, 0.1) is 28.6 Å². The monoisotopic (exact) mass is 322 g/mol. The Hall–Kier alpha value is -0.420. The molecule has 0 saturated heterocycles. The smallest absolute Gasteiger partial charge is 0.186 e. The first kappa shape index (κ1) is 16.1.